The van der Waals surface area contributed by atoms with Gasteiger partial charge in [0.1, 0.15) is 5.69 Å². The summed E-state index contributed by atoms with van der Waals surface area (Å²) in [7, 11) is 1.87. The second kappa shape index (κ2) is 5.99. The molecule has 0 radical (unpaired) electrons. The van der Waals surface area contributed by atoms with Gasteiger partial charge in [0.15, 0.2) is 0 Å². The number of nitrogens with one attached hydrogen (secondary N) is 2. The Hall–Kier alpha value is -1.66. The van der Waals surface area contributed by atoms with Crippen LogP contribution >= 0.6 is 0 Å². The lowest BCUT2D eigenvalue weighted by Crippen LogP contribution is -2.46. The van der Waals surface area contributed by atoms with Gasteiger partial charge in [-0.25, -0.2) is 0 Å². The van der Waals surface area contributed by atoms with Gasteiger partial charge in [0.05, 0.1) is 6.54 Å². The normalized spacial score (nSPS) is 16.4. The molecule has 1 fully saturated rings. The Morgan fingerprint density at radius 1 is 1.58 bits per heavy atom. The SMILES string of the molecule is CN(CC(=O)NC(=O)c1ccc[nH]1)C(CN)C1CC1. The van der Waals surface area contributed by atoms with Gasteiger partial charge < -0.3 is 10.7 Å². The maximum atomic E-state index is 11.8. The van der Waals surface area contributed by atoms with Gasteiger partial charge in [-0.2, -0.15) is 0 Å². The monoisotopic (exact) mass is 264 g/mol. The van der Waals surface area contributed by atoms with Crippen LogP contribution in [-0.4, -0.2) is 47.9 Å². The third-order valence-corrected chi connectivity index (χ3v) is 3.46. The Kier molecular flexibility index (Phi) is 4.34. The molecule has 6 nitrogen and oxygen atoms in total. The van der Waals surface area contributed by atoms with Crippen molar-refractivity contribution in [1.29, 1.82) is 0 Å². The summed E-state index contributed by atoms with van der Waals surface area (Å²) in [5.74, 6) is -0.109. The molecule has 1 unspecified atom stereocenters. The molecule has 1 aliphatic rings. The molecule has 0 aliphatic heterocycles. The summed E-state index contributed by atoms with van der Waals surface area (Å²) in [5.41, 5.74) is 6.11. The van der Waals surface area contributed by atoms with Crippen LogP contribution in [0.3, 0.4) is 0 Å². The molecule has 1 heterocycles. The summed E-state index contributed by atoms with van der Waals surface area (Å²) in [6.45, 7) is 0.726. The summed E-state index contributed by atoms with van der Waals surface area (Å²) >= 11 is 0. The average molecular weight is 264 g/mol. The van der Waals surface area contributed by atoms with Crippen molar-refractivity contribution >= 4 is 11.8 Å². The molecule has 4 N–H and O–H groups in total. The summed E-state index contributed by atoms with van der Waals surface area (Å²) in [6, 6.07) is 3.56. The lowest BCUT2D eigenvalue weighted by molar-refractivity contribution is -0.121. The summed E-state index contributed by atoms with van der Waals surface area (Å²) in [5, 5.41) is 2.36. The van der Waals surface area contributed by atoms with Gasteiger partial charge >= 0.3 is 0 Å². The smallest absolute Gasteiger partial charge is 0.274 e. The second-order valence-corrected chi connectivity index (χ2v) is 5.02. The molecule has 19 heavy (non-hydrogen) atoms. The van der Waals surface area contributed by atoms with Gasteiger partial charge in [0.2, 0.25) is 5.91 Å². The third kappa shape index (κ3) is 3.65. The van der Waals surface area contributed by atoms with Crippen molar-refractivity contribution in [2.24, 2.45) is 11.7 Å². The van der Waals surface area contributed by atoms with Crippen molar-refractivity contribution in [2.45, 2.75) is 18.9 Å². The zero-order valence-corrected chi connectivity index (χ0v) is 11.1. The lowest BCUT2D eigenvalue weighted by atomic mass is 10.1. The summed E-state index contributed by atoms with van der Waals surface area (Å²) in [4.78, 5) is 28.2. The second-order valence-electron chi connectivity index (χ2n) is 5.02. The Balaban J connectivity index is 1.81. The van der Waals surface area contributed by atoms with E-state index in [0.29, 0.717) is 18.2 Å². The number of nitrogens with zero attached hydrogens (tertiary/aromatic N) is 1. The van der Waals surface area contributed by atoms with Crippen molar-refractivity contribution in [2.75, 3.05) is 20.1 Å². The molecule has 0 saturated heterocycles. The van der Waals surface area contributed by atoms with E-state index >= 15 is 0 Å². The number of carbonyl (C=O) groups is 2. The van der Waals surface area contributed by atoms with Crippen molar-refractivity contribution in [3.8, 4) is 0 Å². The van der Waals surface area contributed by atoms with Crippen LogP contribution in [0, 0.1) is 5.92 Å². The molecular formula is C13H20N4O2. The van der Waals surface area contributed by atoms with Crippen LogP contribution in [0.5, 0.6) is 0 Å². The predicted octanol–water partition coefficient (Wildman–Crippen LogP) is -0.0598. The van der Waals surface area contributed by atoms with E-state index in [1.807, 2.05) is 11.9 Å². The fourth-order valence-electron chi connectivity index (χ4n) is 2.26. The van der Waals surface area contributed by atoms with Crippen LogP contribution in [0.1, 0.15) is 23.3 Å². The molecular weight excluding hydrogens is 244 g/mol. The van der Waals surface area contributed by atoms with Crippen LogP contribution in [0.25, 0.3) is 0 Å². The molecule has 1 aromatic rings. The zero-order chi connectivity index (χ0) is 13.8. The Bertz CT molecular complexity index is 440. The number of carbonyl (C=O) groups excluding carboxylic acids is 2. The number of hydrogen-bond acceptors (Lipinski definition) is 4. The molecule has 2 rings (SSSR count). The van der Waals surface area contributed by atoms with Crippen LogP contribution in [0.2, 0.25) is 0 Å². The quantitative estimate of drug-likeness (QED) is 0.671. The molecule has 0 bridgehead atoms. The van der Waals surface area contributed by atoms with Crippen molar-refractivity contribution in [1.82, 2.24) is 15.2 Å². The highest BCUT2D eigenvalue weighted by molar-refractivity contribution is 6.04. The minimum atomic E-state index is -0.404. The first-order chi connectivity index (χ1) is 9.11. The fourth-order valence-corrected chi connectivity index (χ4v) is 2.26. The Morgan fingerprint density at radius 2 is 2.32 bits per heavy atom. The number of amides is 2. The van der Waals surface area contributed by atoms with E-state index in [1.165, 1.54) is 12.8 Å². The minimum absolute atomic E-state index is 0.185. The topological polar surface area (TPSA) is 91.2 Å². The van der Waals surface area contributed by atoms with E-state index in [4.69, 9.17) is 5.73 Å². The predicted molar refractivity (Wildman–Crippen MR) is 71.5 cm³/mol. The number of likely N-dealkylation sites (N-methyl/N-ethyl adjacent to an activating group) is 1. The highest BCUT2D eigenvalue weighted by Gasteiger charge is 2.33. The van der Waals surface area contributed by atoms with Gasteiger partial charge in [-0.1, -0.05) is 0 Å². The molecule has 1 aromatic heterocycles. The van der Waals surface area contributed by atoms with Crippen molar-refractivity contribution in [3.05, 3.63) is 24.0 Å². The number of hydrogen-bond donors (Lipinski definition) is 3. The maximum Gasteiger partial charge on any atom is 0.274 e. The van der Waals surface area contributed by atoms with E-state index < -0.39 is 5.91 Å². The third-order valence-electron chi connectivity index (χ3n) is 3.46. The van der Waals surface area contributed by atoms with Gasteiger partial charge in [0.25, 0.3) is 5.91 Å². The number of H-pyrrole nitrogens is 1. The highest BCUT2D eigenvalue weighted by atomic mass is 16.2. The number of rotatable bonds is 6. The molecule has 1 saturated carbocycles. The Labute approximate surface area is 112 Å². The maximum absolute atomic E-state index is 11.8. The van der Waals surface area contributed by atoms with E-state index in [9.17, 15) is 9.59 Å². The molecule has 104 valence electrons. The number of aromatic amines is 1. The molecule has 1 aliphatic carbocycles. The van der Waals surface area contributed by atoms with Crippen molar-refractivity contribution in [3.63, 3.8) is 0 Å². The summed E-state index contributed by atoms with van der Waals surface area (Å²) < 4.78 is 0. The highest BCUT2D eigenvalue weighted by Crippen LogP contribution is 2.34. The zero-order valence-electron chi connectivity index (χ0n) is 11.1. The molecule has 0 spiro atoms. The summed E-state index contributed by atoms with van der Waals surface area (Å²) in [6.07, 6.45) is 3.99. The first-order valence-electron chi connectivity index (χ1n) is 6.49. The van der Waals surface area contributed by atoms with Crippen LogP contribution in [0.4, 0.5) is 0 Å². The number of aromatic nitrogens is 1. The first kappa shape index (κ1) is 13.8. The minimum Gasteiger partial charge on any atom is -0.357 e. The fraction of sp³-hybridized carbons (Fsp3) is 0.538. The molecule has 6 heteroatoms. The number of nitrogens with two attached hydrogens (primary N) is 1. The van der Waals surface area contributed by atoms with Crippen LogP contribution in [-0.2, 0) is 4.79 Å². The van der Waals surface area contributed by atoms with E-state index in [0.717, 1.165) is 0 Å². The van der Waals surface area contributed by atoms with Crippen molar-refractivity contribution < 1.29 is 9.59 Å². The first-order valence-corrected chi connectivity index (χ1v) is 6.49. The number of imide groups is 1. The molecule has 2 amide bonds. The van der Waals surface area contributed by atoms with Crippen LogP contribution in [0.15, 0.2) is 18.3 Å². The standard InChI is InChI=1S/C13H20N4O2/c1-17(11(7-14)9-4-5-9)8-12(18)16-13(19)10-3-2-6-15-10/h2-3,6,9,11,15H,4-5,7-8,14H2,1H3,(H,16,18,19). The van der Waals surface area contributed by atoms with E-state index in [-0.39, 0.29) is 18.5 Å². The molecule has 0 aromatic carbocycles. The average Bonchev–Trinajstić information content (AvgIpc) is 3.03. The largest absolute Gasteiger partial charge is 0.357 e. The van der Waals surface area contributed by atoms with Gasteiger partial charge in [-0.15, -0.1) is 0 Å². The lowest BCUT2D eigenvalue weighted by Gasteiger charge is -2.26. The molecule has 1 atom stereocenters. The van der Waals surface area contributed by atoms with Gasteiger partial charge in [0, 0.05) is 18.8 Å². The van der Waals surface area contributed by atoms with E-state index in [1.54, 1.807) is 18.3 Å². The Morgan fingerprint density at radius 3 is 2.84 bits per heavy atom. The van der Waals surface area contributed by atoms with E-state index in [2.05, 4.69) is 10.3 Å². The van der Waals surface area contributed by atoms with Gasteiger partial charge in [-0.05, 0) is 37.9 Å². The van der Waals surface area contributed by atoms with Gasteiger partial charge in [-0.3, -0.25) is 19.8 Å². The van der Waals surface area contributed by atoms with Crippen LogP contribution < -0.4 is 11.1 Å².